The Morgan fingerprint density at radius 1 is 0.692 bits per heavy atom. The van der Waals surface area contributed by atoms with Gasteiger partial charge in [0.1, 0.15) is 0 Å². The molecule has 2 N–H and O–H groups in total. The molecule has 0 radical (unpaired) electrons. The lowest BCUT2D eigenvalue weighted by Crippen LogP contribution is -2.28. The zero-order chi connectivity index (χ0) is 18.6. The molecule has 0 aliphatic rings. The summed E-state index contributed by atoms with van der Waals surface area (Å²) in [4.78, 5) is 1.97. The third-order valence-corrected chi connectivity index (χ3v) is 4.33. The summed E-state index contributed by atoms with van der Waals surface area (Å²) in [6.45, 7) is 0.849. The van der Waals surface area contributed by atoms with Crippen molar-refractivity contribution in [2.24, 2.45) is 0 Å². The van der Waals surface area contributed by atoms with E-state index < -0.39 is 0 Å². The summed E-state index contributed by atoms with van der Waals surface area (Å²) < 4.78 is 0. The first kappa shape index (κ1) is 20.6. The van der Waals surface area contributed by atoms with Crippen LogP contribution in [0.15, 0.2) is 91.0 Å². The van der Waals surface area contributed by atoms with Gasteiger partial charge in [0.05, 0.1) is 12.6 Å². The lowest BCUT2D eigenvalue weighted by atomic mass is 9.96. The molecule has 3 aromatic carbocycles. The van der Waals surface area contributed by atoms with Gasteiger partial charge in [0.25, 0.3) is 0 Å². The van der Waals surface area contributed by atoms with Crippen molar-refractivity contribution in [3.8, 4) is 0 Å². The predicted octanol–water partition coefficient (Wildman–Crippen LogP) is 5.19. The van der Waals surface area contributed by atoms with Crippen LogP contribution in [-0.4, -0.2) is 23.2 Å². The van der Waals surface area contributed by atoms with Gasteiger partial charge in [-0.1, -0.05) is 114 Å². The molecule has 0 fully saturated rings. The van der Waals surface area contributed by atoms with E-state index in [-0.39, 0.29) is 18.6 Å². The van der Waals surface area contributed by atoms with E-state index in [4.69, 9.17) is 0 Å². The fraction of sp³-hybridized carbons (Fsp3) is 0.217. The Morgan fingerprint density at radius 3 is 1.46 bits per heavy atom. The van der Waals surface area contributed by atoms with E-state index in [1.165, 1.54) is 11.1 Å². The largest absolute Gasteiger partial charge is 0.396 e. The van der Waals surface area contributed by atoms with E-state index >= 15 is 0 Å². The van der Waals surface area contributed by atoms with Crippen molar-refractivity contribution < 1.29 is 5.11 Å². The quantitative estimate of drug-likeness (QED) is 0.377. The number of aliphatic hydroxyl groups excluding tert-OH is 1. The van der Waals surface area contributed by atoms with Gasteiger partial charge in [0.2, 0.25) is 0 Å². The minimum atomic E-state index is 0.0844. The van der Waals surface area contributed by atoms with Crippen molar-refractivity contribution in [3.05, 3.63) is 108 Å². The summed E-state index contributed by atoms with van der Waals surface area (Å²) in [5.41, 5.74) is 3.62. The SMILES string of the molecule is CI.OCC(CNC(c1ccccc1)c1ccccc1)c1ccccc1. The molecule has 0 heterocycles. The summed E-state index contributed by atoms with van der Waals surface area (Å²) in [5, 5.41) is 13.4. The molecule has 0 bridgehead atoms. The molecule has 3 rings (SSSR count). The van der Waals surface area contributed by atoms with E-state index in [0.29, 0.717) is 0 Å². The van der Waals surface area contributed by atoms with Crippen LogP contribution in [0.2, 0.25) is 0 Å². The zero-order valence-electron chi connectivity index (χ0n) is 15.1. The molecule has 0 saturated heterocycles. The summed E-state index contributed by atoms with van der Waals surface area (Å²) in [7, 11) is 0. The average Bonchev–Trinajstić information content (AvgIpc) is 2.75. The number of halogens is 1. The molecule has 1 unspecified atom stereocenters. The lowest BCUT2D eigenvalue weighted by Gasteiger charge is -2.23. The molecule has 0 spiro atoms. The fourth-order valence-electron chi connectivity index (χ4n) is 2.99. The van der Waals surface area contributed by atoms with Crippen LogP contribution in [-0.2, 0) is 0 Å². The second-order valence-electron chi connectivity index (χ2n) is 5.95. The van der Waals surface area contributed by atoms with Gasteiger partial charge in [-0.2, -0.15) is 0 Å². The average molecular weight is 459 g/mol. The van der Waals surface area contributed by atoms with Gasteiger partial charge in [-0.25, -0.2) is 0 Å². The lowest BCUT2D eigenvalue weighted by molar-refractivity contribution is 0.259. The Bertz CT molecular complexity index is 679. The first-order chi connectivity index (χ1) is 12.9. The topological polar surface area (TPSA) is 32.3 Å². The van der Waals surface area contributed by atoms with Crippen LogP contribution in [0, 0.1) is 0 Å². The second kappa shape index (κ2) is 11.8. The normalized spacial score (nSPS) is 11.5. The number of aliphatic hydroxyl groups is 1. The van der Waals surface area contributed by atoms with Gasteiger partial charge in [0, 0.05) is 12.5 Å². The third-order valence-electron chi connectivity index (χ3n) is 4.33. The molecule has 0 aliphatic heterocycles. The number of nitrogens with one attached hydrogen (secondary N) is 1. The Kier molecular flexibility index (Phi) is 9.39. The van der Waals surface area contributed by atoms with Gasteiger partial charge in [-0.05, 0) is 21.6 Å². The highest BCUT2D eigenvalue weighted by atomic mass is 127. The summed E-state index contributed by atoms with van der Waals surface area (Å²) in [6.07, 6.45) is 0. The van der Waals surface area contributed by atoms with Crippen molar-refractivity contribution in [1.29, 1.82) is 0 Å². The number of alkyl halides is 1. The molecule has 3 heteroatoms. The summed E-state index contributed by atoms with van der Waals surface area (Å²) in [5.74, 6) is 0.0844. The Labute approximate surface area is 170 Å². The molecule has 2 nitrogen and oxygen atoms in total. The molecule has 1 atom stereocenters. The maximum Gasteiger partial charge on any atom is 0.0576 e. The zero-order valence-corrected chi connectivity index (χ0v) is 17.2. The molecular weight excluding hydrogens is 433 g/mol. The highest BCUT2D eigenvalue weighted by Crippen LogP contribution is 2.23. The molecule has 0 amide bonds. The molecular formula is C23H26INO. The van der Waals surface area contributed by atoms with Crippen molar-refractivity contribution in [2.45, 2.75) is 12.0 Å². The molecule has 0 aliphatic carbocycles. The number of hydrogen-bond donors (Lipinski definition) is 2. The minimum absolute atomic E-state index is 0.0844. The number of rotatable bonds is 7. The highest BCUT2D eigenvalue weighted by molar-refractivity contribution is 14.1. The minimum Gasteiger partial charge on any atom is -0.396 e. The monoisotopic (exact) mass is 459 g/mol. The van der Waals surface area contributed by atoms with E-state index in [1.54, 1.807) is 0 Å². The molecule has 0 saturated carbocycles. The van der Waals surface area contributed by atoms with Crippen LogP contribution in [0.5, 0.6) is 0 Å². The van der Waals surface area contributed by atoms with Gasteiger partial charge in [-0.15, -0.1) is 0 Å². The summed E-state index contributed by atoms with van der Waals surface area (Å²) in [6, 6.07) is 31.2. The fourth-order valence-corrected chi connectivity index (χ4v) is 2.99. The number of benzene rings is 3. The van der Waals surface area contributed by atoms with Crippen molar-refractivity contribution >= 4 is 22.6 Å². The molecule has 26 heavy (non-hydrogen) atoms. The first-order valence-electron chi connectivity index (χ1n) is 8.75. The standard InChI is InChI=1S/C22H23NO.CH3I/c24-17-21(18-10-4-1-5-11-18)16-23-22(19-12-6-2-7-13-19)20-14-8-3-9-15-20;1-2/h1-15,21-24H,16-17H2;1H3. The smallest absolute Gasteiger partial charge is 0.0576 e. The second-order valence-corrected chi connectivity index (χ2v) is 5.95. The van der Waals surface area contributed by atoms with Gasteiger partial charge < -0.3 is 10.4 Å². The Morgan fingerprint density at radius 2 is 1.08 bits per heavy atom. The maximum absolute atomic E-state index is 9.79. The van der Waals surface area contributed by atoms with Crippen LogP contribution in [0.3, 0.4) is 0 Å². The van der Waals surface area contributed by atoms with Crippen LogP contribution in [0.25, 0.3) is 0 Å². The van der Waals surface area contributed by atoms with Gasteiger partial charge in [-0.3, -0.25) is 0 Å². The van der Waals surface area contributed by atoms with Crippen LogP contribution in [0.4, 0.5) is 0 Å². The van der Waals surface area contributed by atoms with E-state index in [1.807, 2.05) is 35.3 Å². The van der Waals surface area contributed by atoms with E-state index in [0.717, 1.165) is 12.1 Å². The first-order valence-corrected chi connectivity index (χ1v) is 10.9. The Balaban J connectivity index is 0.00000117. The molecule has 136 valence electrons. The molecule has 3 aromatic rings. The third kappa shape index (κ3) is 5.94. The van der Waals surface area contributed by atoms with Crippen molar-refractivity contribution in [3.63, 3.8) is 0 Å². The summed E-state index contributed by atoms with van der Waals surface area (Å²) >= 11 is 2.15. The van der Waals surface area contributed by atoms with Crippen molar-refractivity contribution in [1.82, 2.24) is 5.32 Å². The molecule has 0 aromatic heterocycles. The number of hydrogen-bond acceptors (Lipinski definition) is 2. The van der Waals surface area contributed by atoms with E-state index in [9.17, 15) is 5.11 Å². The van der Waals surface area contributed by atoms with Gasteiger partial charge in [0.15, 0.2) is 0 Å². The van der Waals surface area contributed by atoms with Crippen LogP contribution >= 0.6 is 22.6 Å². The van der Waals surface area contributed by atoms with Crippen molar-refractivity contribution in [2.75, 3.05) is 18.1 Å². The van der Waals surface area contributed by atoms with Crippen LogP contribution < -0.4 is 5.32 Å². The maximum atomic E-state index is 9.79. The van der Waals surface area contributed by atoms with Gasteiger partial charge >= 0.3 is 0 Å². The van der Waals surface area contributed by atoms with Crippen LogP contribution in [0.1, 0.15) is 28.7 Å². The Hall–Kier alpha value is -1.69. The predicted molar refractivity (Wildman–Crippen MR) is 119 cm³/mol. The highest BCUT2D eigenvalue weighted by Gasteiger charge is 2.16. The van der Waals surface area contributed by atoms with E-state index in [2.05, 4.69) is 88.6 Å².